The van der Waals surface area contributed by atoms with Crippen LogP contribution in [0.3, 0.4) is 0 Å². The van der Waals surface area contributed by atoms with Gasteiger partial charge in [-0.1, -0.05) is 23.7 Å². The van der Waals surface area contributed by atoms with Crippen molar-refractivity contribution in [3.63, 3.8) is 0 Å². The number of anilines is 1. The molecule has 0 fully saturated rings. The third-order valence-electron chi connectivity index (χ3n) is 5.77. The van der Waals surface area contributed by atoms with Gasteiger partial charge in [0.2, 0.25) is 0 Å². The molecule has 180 valence electrons. The number of aromatic nitrogens is 3. The predicted octanol–water partition coefficient (Wildman–Crippen LogP) is 5.45. The number of hydrogen-bond donors (Lipinski definition) is 0. The van der Waals surface area contributed by atoms with E-state index in [1.54, 1.807) is 18.2 Å². The minimum atomic E-state index is -4.79. The molecule has 1 aliphatic heterocycles. The Hall–Kier alpha value is -4.07. The lowest BCUT2D eigenvalue weighted by Crippen LogP contribution is -2.32. The summed E-state index contributed by atoms with van der Waals surface area (Å²) < 4.78 is 46.9. The van der Waals surface area contributed by atoms with E-state index in [4.69, 9.17) is 21.6 Å². The van der Waals surface area contributed by atoms with Crippen molar-refractivity contribution >= 4 is 34.1 Å². The summed E-state index contributed by atoms with van der Waals surface area (Å²) in [5.74, 6) is -0.737. The van der Waals surface area contributed by atoms with E-state index in [0.717, 1.165) is 33.8 Å². The van der Waals surface area contributed by atoms with E-state index in [9.17, 15) is 18.0 Å². The van der Waals surface area contributed by atoms with E-state index >= 15 is 0 Å². The number of pyridine rings is 3. The number of alkyl halides is 3. The smallest absolute Gasteiger partial charge is 0.372 e. The third-order valence-corrected chi connectivity index (χ3v) is 6.08. The molecule has 1 aromatic carbocycles. The lowest BCUT2D eigenvalue weighted by Gasteiger charge is -2.25. The standard InChI is InChI=1S/C25H15ClF3N5O2/c26-23-19-13-36-12-18(19)17-6-3-14(8-20(17)33-23)11-34(21-2-1-7-31-22(21)25(27,28)29)24(35)15-4-5-16(9-30)32-10-15/h1-8,10H,11-13H2. The lowest BCUT2D eigenvalue weighted by atomic mass is 10.0. The molecule has 36 heavy (non-hydrogen) atoms. The van der Waals surface area contributed by atoms with Gasteiger partial charge in [0.15, 0.2) is 5.69 Å². The highest BCUT2D eigenvalue weighted by atomic mass is 35.5. The van der Waals surface area contributed by atoms with Gasteiger partial charge in [0.25, 0.3) is 5.91 Å². The third kappa shape index (κ3) is 4.34. The SMILES string of the molecule is N#Cc1ccc(C(=O)N(Cc2ccc3c4c(c(Cl)nc3c2)COC4)c2cccnc2C(F)(F)F)cn1. The average molecular weight is 510 g/mol. The molecule has 0 saturated carbocycles. The Balaban J connectivity index is 1.60. The number of carbonyl (C=O) groups excluding carboxylic acids is 1. The average Bonchev–Trinajstić information content (AvgIpc) is 3.37. The summed E-state index contributed by atoms with van der Waals surface area (Å²) >= 11 is 6.31. The van der Waals surface area contributed by atoms with Gasteiger partial charge in [-0.05, 0) is 41.5 Å². The molecular weight excluding hydrogens is 495 g/mol. The van der Waals surface area contributed by atoms with Crippen LogP contribution >= 0.6 is 11.6 Å². The Morgan fingerprint density at radius 3 is 2.67 bits per heavy atom. The van der Waals surface area contributed by atoms with Gasteiger partial charge in [-0.3, -0.25) is 4.79 Å². The van der Waals surface area contributed by atoms with Gasteiger partial charge >= 0.3 is 6.18 Å². The molecular formula is C25H15ClF3N5O2. The number of rotatable bonds is 4. The van der Waals surface area contributed by atoms with Crippen LogP contribution in [0.5, 0.6) is 0 Å². The molecule has 0 bridgehead atoms. The van der Waals surface area contributed by atoms with Crippen molar-refractivity contribution in [3.05, 3.63) is 93.7 Å². The van der Waals surface area contributed by atoms with Gasteiger partial charge in [0, 0.05) is 23.3 Å². The number of halogens is 4. The second-order valence-corrected chi connectivity index (χ2v) is 8.37. The molecule has 3 aromatic heterocycles. The Kier molecular flexibility index (Phi) is 6.04. The van der Waals surface area contributed by atoms with E-state index in [1.807, 2.05) is 6.07 Å². The van der Waals surface area contributed by atoms with Crippen LogP contribution in [-0.2, 0) is 30.7 Å². The number of hydrogen-bond acceptors (Lipinski definition) is 6. The minimum absolute atomic E-state index is 0.0166. The van der Waals surface area contributed by atoms with Gasteiger partial charge in [-0.15, -0.1) is 0 Å². The molecule has 0 unspecified atom stereocenters. The van der Waals surface area contributed by atoms with Crippen LogP contribution in [0.4, 0.5) is 18.9 Å². The van der Waals surface area contributed by atoms with Gasteiger partial charge in [0.1, 0.15) is 16.9 Å². The molecule has 1 amide bonds. The Morgan fingerprint density at radius 2 is 1.94 bits per heavy atom. The summed E-state index contributed by atoms with van der Waals surface area (Å²) in [5.41, 5.74) is 1.28. The van der Waals surface area contributed by atoms with Crippen LogP contribution in [0.2, 0.25) is 5.15 Å². The number of carbonyl (C=O) groups is 1. The first-order chi connectivity index (χ1) is 17.3. The molecule has 11 heteroatoms. The zero-order valence-electron chi connectivity index (χ0n) is 18.4. The van der Waals surface area contributed by atoms with Crippen LogP contribution in [0, 0.1) is 11.3 Å². The number of nitrogens with zero attached hydrogens (tertiary/aromatic N) is 5. The molecule has 0 N–H and O–H groups in total. The summed E-state index contributed by atoms with van der Waals surface area (Å²) in [6.07, 6.45) is -2.62. The molecule has 0 radical (unpaired) electrons. The predicted molar refractivity (Wildman–Crippen MR) is 124 cm³/mol. The van der Waals surface area contributed by atoms with Crippen molar-refractivity contribution in [1.29, 1.82) is 5.26 Å². The normalized spacial score (nSPS) is 12.9. The monoisotopic (exact) mass is 509 g/mol. The summed E-state index contributed by atoms with van der Waals surface area (Å²) in [7, 11) is 0. The molecule has 1 aliphatic rings. The molecule has 4 aromatic rings. The van der Waals surface area contributed by atoms with Crippen molar-refractivity contribution in [3.8, 4) is 6.07 Å². The quantitative estimate of drug-likeness (QED) is 0.340. The highest BCUT2D eigenvalue weighted by Gasteiger charge is 2.38. The molecule has 0 atom stereocenters. The first-order valence-electron chi connectivity index (χ1n) is 10.6. The summed E-state index contributed by atoms with van der Waals surface area (Å²) in [4.78, 5) is 26.2. The number of nitriles is 1. The second kappa shape index (κ2) is 9.18. The van der Waals surface area contributed by atoms with Gasteiger partial charge in [-0.25, -0.2) is 15.0 Å². The fourth-order valence-corrected chi connectivity index (χ4v) is 4.33. The number of benzene rings is 1. The van der Waals surface area contributed by atoms with E-state index in [0.29, 0.717) is 29.4 Å². The summed E-state index contributed by atoms with van der Waals surface area (Å²) in [6.45, 7) is 0.534. The summed E-state index contributed by atoms with van der Waals surface area (Å²) in [6, 6.07) is 12.2. The number of amides is 1. The van der Waals surface area contributed by atoms with Gasteiger partial charge < -0.3 is 9.64 Å². The van der Waals surface area contributed by atoms with Crippen molar-refractivity contribution in [2.24, 2.45) is 0 Å². The highest BCUT2D eigenvalue weighted by Crippen LogP contribution is 2.37. The van der Waals surface area contributed by atoms with Crippen molar-refractivity contribution in [2.45, 2.75) is 25.9 Å². The zero-order valence-corrected chi connectivity index (χ0v) is 19.1. The topological polar surface area (TPSA) is 92.0 Å². The molecule has 7 nitrogen and oxygen atoms in total. The molecule has 5 rings (SSSR count). The van der Waals surface area contributed by atoms with Crippen LogP contribution in [0.25, 0.3) is 10.9 Å². The van der Waals surface area contributed by atoms with Crippen LogP contribution in [0.15, 0.2) is 54.9 Å². The Bertz CT molecular complexity index is 1530. The molecule has 0 saturated heterocycles. The van der Waals surface area contributed by atoms with E-state index in [-0.39, 0.29) is 17.8 Å². The fraction of sp³-hybridized carbons (Fsp3) is 0.160. The largest absolute Gasteiger partial charge is 0.435 e. The van der Waals surface area contributed by atoms with Crippen LogP contribution in [0.1, 0.15) is 38.4 Å². The maximum Gasteiger partial charge on any atom is 0.435 e. The fourth-order valence-electron chi connectivity index (χ4n) is 4.07. The van der Waals surface area contributed by atoms with Gasteiger partial charge in [0.05, 0.1) is 36.5 Å². The van der Waals surface area contributed by atoms with Crippen molar-refractivity contribution in [2.75, 3.05) is 4.90 Å². The summed E-state index contributed by atoms with van der Waals surface area (Å²) in [5, 5.41) is 10.1. The Labute approximate surface area is 207 Å². The first-order valence-corrected chi connectivity index (χ1v) is 11.0. The Morgan fingerprint density at radius 1 is 1.14 bits per heavy atom. The number of fused-ring (bicyclic) bond motifs is 3. The highest BCUT2D eigenvalue weighted by molar-refractivity contribution is 6.30. The van der Waals surface area contributed by atoms with E-state index in [2.05, 4.69) is 15.0 Å². The van der Waals surface area contributed by atoms with E-state index < -0.39 is 23.5 Å². The van der Waals surface area contributed by atoms with Gasteiger partial charge in [-0.2, -0.15) is 18.4 Å². The molecule has 4 heterocycles. The van der Waals surface area contributed by atoms with E-state index in [1.165, 1.54) is 24.3 Å². The van der Waals surface area contributed by atoms with Crippen molar-refractivity contribution in [1.82, 2.24) is 15.0 Å². The van der Waals surface area contributed by atoms with Crippen molar-refractivity contribution < 1.29 is 22.7 Å². The maximum atomic E-state index is 13.8. The number of ether oxygens (including phenoxy) is 1. The minimum Gasteiger partial charge on any atom is -0.372 e. The molecule has 0 aliphatic carbocycles. The van der Waals surface area contributed by atoms with Crippen LogP contribution < -0.4 is 4.90 Å². The van der Waals surface area contributed by atoms with Crippen LogP contribution in [-0.4, -0.2) is 20.9 Å². The first kappa shape index (κ1) is 23.7. The maximum absolute atomic E-state index is 13.8. The molecule has 0 spiro atoms. The second-order valence-electron chi connectivity index (χ2n) is 8.01. The lowest BCUT2D eigenvalue weighted by molar-refractivity contribution is -0.140. The zero-order chi connectivity index (χ0) is 25.4.